The highest BCUT2D eigenvalue weighted by Crippen LogP contribution is 2.25. The number of aromatic nitrogens is 2. The Labute approximate surface area is 115 Å². The molecule has 3 rings (SSSR count). The highest BCUT2D eigenvalue weighted by atomic mass is 79.9. The quantitative estimate of drug-likeness (QED) is 0.872. The molecule has 2 aromatic rings. The summed E-state index contributed by atoms with van der Waals surface area (Å²) in [5.74, 6) is 0. The van der Waals surface area contributed by atoms with E-state index >= 15 is 0 Å². The number of rotatable bonds is 1. The van der Waals surface area contributed by atoms with Gasteiger partial charge in [-0.05, 0) is 28.1 Å². The molecule has 1 fully saturated rings. The second kappa shape index (κ2) is 5.25. The van der Waals surface area contributed by atoms with Gasteiger partial charge in [0.15, 0.2) is 0 Å². The third kappa shape index (κ3) is 2.41. The van der Waals surface area contributed by atoms with E-state index in [-0.39, 0.29) is 12.4 Å². The summed E-state index contributed by atoms with van der Waals surface area (Å²) in [5.41, 5.74) is 2.43. The molecule has 2 aromatic heterocycles. The van der Waals surface area contributed by atoms with Crippen molar-refractivity contribution in [1.82, 2.24) is 14.9 Å². The van der Waals surface area contributed by atoms with Crippen LogP contribution in [-0.2, 0) is 0 Å². The van der Waals surface area contributed by atoms with Crippen LogP contribution in [0.3, 0.4) is 0 Å². The molecular weight excluding hydrogens is 304 g/mol. The molecule has 0 amide bonds. The van der Waals surface area contributed by atoms with Gasteiger partial charge in [0.1, 0.15) is 0 Å². The van der Waals surface area contributed by atoms with E-state index in [2.05, 4.69) is 43.4 Å². The van der Waals surface area contributed by atoms with E-state index in [1.54, 1.807) is 0 Å². The minimum absolute atomic E-state index is 0. The summed E-state index contributed by atoms with van der Waals surface area (Å²) in [4.78, 5) is 2.40. The molecule has 1 aliphatic heterocycles. The zero-order chi connectivity index (χ0) is 11.0. The molecule has 0 radical (unpaired) electrons. The highest BCUT2D eigenvalue weighted by Gasteiger charge is 2.14. The average molecular weight is 318 g/mol. The van der Waals surface area contributed by atoms with Crippen LogP contribution in [0.2, 0.25) is 0 Å². The predicted octanol–water partition coefficient (Wildman–Crippen LogP) is 1.93. The van der Waals surface area contributed by atoms with Crippen molar-refractivity contribution in [3.63, 3.8) is 0 Å². The lowest BCUT2D eigenvalue weighted by molar-refractivity contribution is 0.589. The SMILES string of the molecule is Brc1cc2c(N3CCNCC3)ccnn2c1.Cl. The molecule has 1 saturated heterocycles. The van der Waals surface area contributed by atoms with Crippen LogP contribution in [0.1, 0.15) is 0 Å². The average Bonchev–Trinajstić information content (AvgIpc) is 2.70. The summed E-state index contributed by atoms with van der Waals surface area (Å²) in [6, 6.07) is 4.21. The monoisotopic (exact) mass is 316 g/mol. The second-order valence-electron chi connectivity index (χ2n) is 3.94. The first kappa shape index (κ1) is 12.7. The maximum absolute atomic E-state index is 4.30. The molecule has 1 N–H and O–H groups in total. The van der Waals surface area contributed by atoms with Gasteiger partial charge in [-0.1, -0.05) is 0 Å². The summed E-state index contributed by atoms with van der Waals surface area (Å²) in [7, 11) is 0. The molecule has 0 aliphatic carbocycles. The number of nitrogens with one attached hydrogen (secondary N) is 1. The van der Waals surface area contributed by atoms with E-state index in [0.29, 0.717) is 0 Å². The first-order valence-electron chi connectivity index (χ1n) is 5.43. The van der Waals surface area contributed by atoms with Gasteiger partial charge < -0.3 is 10.2 Å². The van der Waals surface area contributed by atoms with Crippen molar-refractivity contribution < 1.29 is 0 Å². The number of nitrogens with zero attached hydrogens (tertiary/aromatic N) is 3. The number of hydrogen-bond donors (Lipinski definition) is 1. The Balaban J connectivity index is 0.00000108. The number of halogens is 2. The van der Waals surface area contributed by atoms with Gasteiger partial charge in [-0.3, -0.25) is 0 Å². The Hall–Kier alpha value is -0.780. The Morgan fingerprint density at radius 2 is 2.06 bits per heavy atom. The van der Waals surface area contributed by atoms with Crippen molar-refractivity contribution >= 4 is 39.5 Å². The predicted molar refractivity (Wildman–Crippen MR) is 75.2 cm³/mol. The Morgan fingerprint density at radius 3 is 2.82 bits per heavy atom. The summed E-state index contributed by atoms with van der Waals surface area (Å²) in [6.07, 6.45) is 3.85. The van der Waals surface area contributed by atoms with Crippen LogP contribution < -0.4 is 10.2 Å². The highest BCUT2D eigenvalue weighted by molar-refractivity contribution is 9.10. The van der Waals surface area contributed by atoms with Crippen molar-refractivity contribution in [3.8, 4) is 0 Å². The first-order valence-corrected chi connectivity index (χ1v) is 6.22. The van der Waals surface area contributed by atoms with E-state index < -0.39 is 0 Å². The molecule has 1 aliphatic rings. The van der Waals surface area contributed by atoms with E-state index in [0.717, 1.165) is 36.2 Å². The van der Waals surface area contributed by atoms with Crippen molar-refractivity contribution in [2.75, 3.05) is 31.1 Å². The largest absolute Gasteiger partial charge is 0.367 e. The molecule has 0 aromatic carbocycles. The fourth-order valence-electron chi connectivity index (χ4n) is 2.14. The third-order valence-electron chi connectivity index (χ3n) is 2.91. The smallest absolute Gasteiger partial charge is 0.0891 e. The lowest BCUT2D eigenvalue weighted by Crippen LogP contribution is -2.43. The van der Waals surface area contributed by atoms with Gasteiger partial charge in [0.25, 0.3) is 0 Å². The Bertz CT molecular complexity index is 507. The molecule has 92 valence electrons. The van der Waals surface area contributed by atoms with Gasteiger partial charge in [0, 0.05) is 43.0 Å². The number of anilines is 1. The molecule has 3 heterocycles. The fourth-order valence-corrected chi connectivity index (χ4v) is 2.55. The number of fused-ring (bicyclic) bond motifs is 1. The molecule has 0 atom stereocenters. The van der Waals surface area contributed by atoms with Crippen LogP contribution in [0, 0.1) is 0 Å². The molecule has 6 heteroatoms. The van der Waals surface area contributed by atoms with Crippen LogP contribution in [-0.4, -0.2) is 35.8 Å². The molecule has 0 bridgehead atoms. The van der Waals surface area contributed by atoms with E-state index in [9.17, 15) is 0 Å². The third-order valence-corrected chi connectivity index (χ3v) is 3.34. The maximum atomic E-state index is 4.30. The normalized spacial score (nSPS) is 15.9. The molecular formula is C11H14BrClN4. The van der Waals surface area contributed by atoms with Crippen LogP contribution in [0.5, 0.6) is 0 Å². The van der Waals surface area contributed by atoms with Gasteiger partial charge >= 0.3 is 0 Å². The van der Waals surface area contributed by atoms with Crippen LogP contribution in [0.25, 0.3) is 5.52 Å². The zero-order valence-corrected chi connectivity index (χ0v) is 11.7. The Kier molecular flexibility index (Phi) is 3.91. The first-order chi connectivity index (χ1) is 7.84. The fraction of sp³-hybridized carbons (Fsp3) is 0.364. The zero-order valence-electron chi connectivity index (χ0n) is 9.27. The number of hydrogen-bond acceptors (Lipinski definition) is 3. The van der Waals surface area contributed by atoms with Gasteiger partial charge in [-0.25, -0.2) is 4.52 Å². The van der Waals surface area contributed by atoms with Crippen molar-refractivity contribution in [3.05, 3.63) is 29.0 Å². The molecule has 0 saturated carbocycles. The Morgan fingerprint density at radius 1 is 1.29 bits per heavy atom. The van der Waals surface area contributed by atoms with E-state index in [1.807, 2.05) is 16.9 Å². The molecule has 4 nitrogen and oxygen atoms in total. The summed E-state index contributed by atoms with van der Waals surface area (Å²) in [5, 5.41) is 7.67. The topological polar surface area (TPSA) is 32.6 Å². The van der Waals surface area contributed by atoms with Crippen molar-refractivity contribution in [1.29, 1.82) is 0 Å². The van der Waals surface area contributed by atoms with Crippen molar-refractivity contribution in [2.45, 2.75) is 0 Å². The van der Waals surface area contributed by atoms with Gasteiger partial charge in [0.2, 0.25) is 0 Å². The van der Waals surface area contributed by atoms with Gasteiger partial charge in [0.05, 0.1) is 11.2 Å². The van der Waals surface area contributed by atoms with Gasteiger partial charge in [-0.15, -0.1) is 12.4 Å². The summed E-state index contributed by atoms with van der Waals surface area (Å²) < 4.78 is 2.99. The molecule has 0 unspecified atom stereocenters. The lowest BCUT2D eigenvalue weighted by Gasteiger charge is -2.29. The van der Waals surface area contributed by atoms with Crippen LogP contribution in [0.15, 0.2) is 29.0 Å². The van der Waals surface area contributed by atoms with Crippen LogP contribution >= 0.6 is 28.3 Å². The van der Waals surface area contributed by atoms with Gasteiger partial charge in [-0.2, -0.15) is 5.10 Å². The van der Waals surface area contributed by atoms with E-state index in [1.165, 1.54) is 5.69 Å². The molecule has 17 heavy (non-hydrogen) atoms. The lowest BCUT2D eigenvalue weighted by atomic mass is 10.3. The van der Waals surface area contributed by atoms with Crippen molar-refractivity contribution in [2.24, 2.45) is 0 Å². The summed E-state index contributed by atoms with van der Waals surface area (Å²) >= 11 is 3.49. The van der Waals surface area contributed by atoms with Crippen LogP contribution in [0.4, 0.5) is 5.69 Å². The standard InChI is InChI=1S/C11H13BrN4.ClH/c12-9-7-11-10(1-2-14-16(11)8-9)15-5-3-13-4-6-15;/h1-2,7-8,13H,3-6H2;1H. The maximum Gasteiger partial charge on any atom is 0.0891 e. The summed E-state index contributed by atoms with van der Waals surface area (Å²) in [6.45, 7) is 4.22. The van der Waals surface area contributed by atoms with E-state index in [4.69, 9.17) is 0 Å². The minimum atomic E-state index is 0. The second-order valence-corrected chi connectivity index (χ2v) is 4.86. The minimum Gasteiger partial charge on any atom is -0.367 e. The number of piperazine rings is 1. The molecule has 0 spiro atoms.